The fourth-order valence-electron chi connectivity index (χ4n) is 2.99. The van der Waals surface area contributed by atoms with Crippen molar-refractivity contribution in [3.63, 3.8) is 0 Å². The Morgan fingerprint density at radius 1 is 1.42 bits per heavy atom. The molecule has 1 aliphatic rings. The van der Waals surface area contributed by atoms with Crippen LogP contribution in [-0.4, -0.2) is 45.2 Å². The quantitative estimate of drug-likeness (QED) is 0.900. The first-order chi connectivity index (χ1) is 11.6. The van der Waals surface area contributed by atoms with Gasteiger partial charge in [0.2, 0.25) is 5.82 Å². The number of benzene rings is 1. The number of hydrogen-bond donors (Lipinski definition) is 1. The fraction of sp³-hybridized carbons (Fsp3) is 0.471. The third-order valence-electron chi connectivity index (χ3n) is 4.33. The molecule has 0 spiro atoms. The van der Waals surface area contributed by atoms with E-state index in [1.807, 2.05) is 24.3 Å². The summed E-state index contributed by atoms with van der Waals surface area (Å²) in [5.74, 6) is 1.23. The van der Waals surface area contributed by atoms with Gasteiger partial charge in [-0.15, -0.1) is 5.10 Å². The Kier molecular flexibility index (Phi) is 5.16. The molecule has 0 bridgehead atoms. The summed E-state index contributed by atoms with van der Waals surface area (Å²) in [5, 5.41) is 5.04. The summed E-state index contributed by atoms with van der Waals surface area (Å²) in [7, 11) is 0. The van der Waals surface area contributed by atoms with Crippen LogP contribution in [0.2, 0.25) is 5.02 Å². The minimum Gasteiger partial charge on any atom is -0.336 e. The van der Waals surface area contributed by atoms with Gasteiger partial charge in [0.1, 0.15) is 5.82 Å². The van der Waals surface area contributed by atoms with E-state index in [9.17, 15) is 4.79 Å². The molecule has 1 aliphatic heterocycles. The number of nitrogens with two attached hydrogens (primary N) is 1. The van der Waals surface area contributed by atoms with Crippen LogP contribution in [0.5, 0.6) is 0 Å². The molecule has 1 saturated heterocycles. The number of carbonyl (C=O) groups is 1. The summed E-state index contributed by atoms with van der Waals surface area (Å²) in [6.45, 7) is 4.06. The van der Waals surface area contributed by atoms with Crippen LogP contribution >= 0.6 is 11.6 Å². The highest BCUT2D eigenvalue weighted by Gasteiger charge is 2.29. The van der Waals surface area contributed by atoms with Gasteiger partial charge >= 0.3 is 0 Å². The summed E-state index contributed by atoms with van der Waals surface area (Å²) in [6.07, 6.45) is 2.59. The van der Waals surface area contributed by atoms with Crippen molar-refractivity contribution in [3.05, 3.63) is 40.9 Å². The number of hydrogen-bond acceptors (Lipinski definition) is 4. The van der Waals surface area contributed by atoms with Crippen molar-refractivity contribution in [2.75, 3.05) is 19.6 Å². The standard InChI is InChI=1S/C17H22ClN5O/c1-2-5-15-20-16(17(24)22-9-8-12(10-19)11-22)21-23(15)14-7-4-3-6-13(14)18/h3-4,6-7,12H,2,5,8-11,19H2,1H3. The third kappa shape index (κ3) is 3.30. The third-order valence-corrected chi connectivity index (χ3v) is 4.65. The number of carbonyl (C=O) groups excluding carboxylic acids is 1. The highest BCUT2D eigenvalue weighted by molar-refractivity contribution is 6.32. The van der Waals surface area contributed by atoms with E-state index in [1.54, 1.807) is 9.58 Å². The minimum absolute atomic E-state index is 0.130. The zero-order valence-corrected chi connectivity index (χ0v) is 14.5. The van der Waals surface area contributed by atoms with Gasteiger partial charge in [-0.2, -0.15) is 0 Å². The van der Waals surface area contributed by atoms with Gasteiger partial charge in [0.15, 0.2) is 0 Å². The molecule has 1 aromatic carbocycles. The molecule has 1 aromatic heterocycles. The summed E-state index contributed by atoms with van der Waals surface area (Å²) in [6, 6.07) is 7.45. The van der Waals surface area contributed by atoms with Gasteiger partial charge < -0.3 is 10.6 Å². The van der Waals surface area contributed by atoms with Crippen LogP contribution in [-0.2, 0) is 6.42 Å². The Balaban J connectivity index is 1.92. The molecule has 2 heterocycles. The smallest absolute Gasteiger partial charge is 0.293 e. The molecule has 6 nitrogen and oxygen atoms in total. The van der Waals surface area contributed by atoms with Crippen molar-refractivity contribution in [1.29, 1.82) is 0 Å². The lowest BCUT2D eigenvalue weighted by atomic mass is 10.1. The molecule has 1 atom stereocenters. The fourth-order valence-corrected chi connectivity index (χ4v) is 3.20. The average molecular weight is 348 g/mol. The van der Waals surface area contributed by atoms with E-state index in [-0.39, 0.29) is 11.7 Å². The topological polar surface area (TPSA) is 77.0 Å². The van der Waals surface area contributed by atoms with E-state index < -0.39 is 0 Å². The summed E-state index contributed by atoms with van der Waals surface area (Å²) >= 11 is 6.29. The molecule has 2 N–H and O–H groups in total. The maximum atomic E-state index is 12.7. The predicted molar refractivity (Wildman–Crippen MR) is 93.4 cm³/mol. The van der Waals surface area contributed by atoms with Crippen molar-refractivity contribution in [1.82, 2.24) is 19.7 Å². The number of halogens is 1. The van der Waals surface area contributed by atoms with Crippen molar-refractivity contribution < 1.29 is 4.79 Å². The van der Waals surface area contributed by atoms with Crippen LogP contribution < -0.4 is 5.73 Å². The van der Waals surface area contributed by atoms with Gasteiger partial charge in [-0.25, -0.2) is 9.67 Å². The normalized spacial score (nSPS) is 17.5. The van der Waals surface area contributed by atoms with Gasteiger partial charge in [-0.1, -0.05) is 30.7 Å². The molecule has 1 amide bonds. The number of amides is 1. The Bertz CT molecular complexity index is 730. The molecule has 24 heavy (non-hydrogen) atoms. The first-order valence-electron chi connectivity index (χ1n) is 8.34. The first kappa shape index (κ1) is 16.9. The number of para-hydroxylation sites is 1. The molecule has 1 unspecified atom stereocenters. The van der Waals surface area contributed by atoms with Crippen LogP contribution in [0.1, 0.15) is 36.2 Å². The summed E-state index contributed by atoms with van der Waals surface area (Å²) < 4.78 is 1.69. The van der Waals surface area contributed by atoms with Crippen LogP contribution in [0.15, 0.2) is 24.3 Å². The Hall–Kier alpha value is -1.92. The lowest BCUT2D eigenvalue weighted by molar-refractivity contribution is 0.0775. The van der Waals surface area contributed by atoms with Crippen molar-refractivity contribution in [2.24, 2.45) is 11.7 Å². The maximum absolute atomic E-state index is 12.7. The van der Waals surface area contributed by atoms with Gasteiger partial charge in [0, 0.05) is 19.5 Å². The van der Waals surface area contributed by atoms with E-state index >= 15 is 0 Å². The van der Waals surface area contributed by atoms with Crippen LogP contribution in [0, 0.1) is 5.92 Å². The minimum atomic E-state index is -0.130. The van der Waals surface area contributed by atoms with E-state index in [4.69, 9.17) is 17.3 Å². The maximum Gasteiger partial charge on any atom is 0.293 e. The van der Waals surface area contributed by atoms with Crippen LogP contribution in [0.25, 0.3) is 5.69 Å². The van der Waals surface area contributed by atoms with Gasteiger partial charge in [-0.3, -0.25) is 4.79 Å². The van der Waals surface area contributed by atoms with Crippen molar-refractivity contribution in [2.45, 2.75) is 26.2 Å². The van der Waals surface area contributed by atoms with Gasteiger partial charge in [-0.05, 0) is 37.4 Å². The molecular formula is C17H22ClN5O. The predicted octanol–water partition coefficient (Wildman–Crippen LogP) is 2.29. The molecule has 1 fully saturated rings. The van der Waals surface area contributed by atoms with E-state index in [0.29, 0.717) is 30.6 Å². The zero-order chi connectivity index (χ0) is 17.1. The Morgan fingerprint density at radius 2 is 2.21 bits per heavy atom. The summed E-state index contributed by atoms with van der Waals surface area (Å²) in [5.41, 5.74) is 6.45. The molecule has 3 rings (SSSR count). The van der Waals surface area contributed by atoms with E-state index in [2.05, 4.69) is 17.0 Å². The van der Waals surface area contributed by atoms with Gasteiger partial charge in [0.25, 0.3) is 5.91 Å². The van der Waals surface area contributed by atoms with Crippen LogP contribution in [0.4, 0.5) is 0 Å². The van der Waals surface area contributed by atoms with Crippen molar-refractivity contribution in [3.8, 4) is 5.69 Å². The SMILES string of the molecule is CCCc1nc(C(=O)N2CCC(CN)C2)nn1-c1ccccc1Cl. The second-order valence-corrected chi connectivity index (χ2v) is 6.51. The van der Waals surface area contributed by atoms with E-state index in [0.717, 1.165) is 30.8 Å². The number of aryl methyl sites for hydroxylation is 1. The highest BCUT2D eigenvalue weighted by atomic mass is 35.5. The number of likely N-dealkylation sites (tertiary alicyclic amines) is 1. The average Bonchev–Trinajstić information content (AvgIpc) is 3.22. The lowest BCUT2D eigenvalue weighted by Gasteiger charge is -2.13. The van der Waals surface area contributed by atoms with E-state index in [1.165, 1.54) is 0 Å². The number of nitrogens with zero attached hydrogens (tertiary/aromatic N) is 4. The lowest BCUT2D eigenvalue weighted by Crippen LogP contribution is -2.30. The molecule has 2 aromatic rings. The highest BCUT2D eigenvalue weighted by Crippen LogP contribution is 2.22. The second-order valence-electron chi connectivity index (χ2n) is 6.11. The largest absolute Gasteiger partial charge is 0.336 e. The Morgan fingerprint density at radius 3 is 2.88 bits per heavy atom. The Labute approximate surface area is 146 Å². The molecule has 0 aliphatic carbocycles. The monoisotopic (exact) mass is 347 g/mol. The molecule has 0 saturated carbocycles. The molecule has 7 heteroatoms. The van der Waals surface area contributed by atoms with Crippen LogP contribution in [0.3, 0.4) is 0 Å². The second kappa shape index (κ2) is 7.32. The number of aromatic nitrogens is 3. The molecule has 128 valence electrons. The molecule has 0 radical (unpaired) electrons. The first-order valence-corrected chi connectivity index (χ1v) is 8.72. The zero-order valence-electron chi connectivity index (χ0n) is 13.8. The number of rotatable bonds is 5. The van der Waals surface area contributed by atoms with Crippen molar-refractivity contribution >= 4 is 17.5 Å². The summed E-state index contributed by atoms with van der Waals surface area (Å²) in [4.78, 5) is 19.0. The van der Waals surface area contributed by atoms with Gasteiger partial charge in [0.05, 0.1) is 10.7 Å². The molecular weight excluding hydrogens is 326 g/mol.